The number of aliphatic carboxylic acids is 1. The Morgan fingerprint density at radius 3 is 2.75 bits per heavy atom. The van der Waals surface area contributed by atoms with Crippen LogP contribution in [-0.4, -0.2) is 28.4 Å². The first-order chi connectivity index (χ1) is 9.70. The van der Waals surface area contributed by atoms with E-state index in [9.17, 15) is 4.79 Å². The van der Waals surface area contributed by atoms with Crippen LogP contribution in [0.25, 0.3) is 0 Å². The molecule has 1 aromatic carbocycles. The van der Waals surface area contributed by atoms with E-state index in [4.69, 9.17) is 14.3 Å². The van der Waals surface area contributed by atoms with Crippen molar-refractivity contribution in [2.75, 3.05) is 7.11 Å². The lowest BCUT2D eigenvalue weighted by Crippen LogP contribution is -2.03. The quantitative estimate of drug-likeness (QED) is 0.834. The predicted octanol–water partition coefficient (Wildman–Crippen LogP) is 2.21. The van der Waals surface area contributed by atoms with Gasteiger partial charge >= 0.3 is 5.97 Å². The molecule has 6 heteroatoms. The molecular weight excluding hydrogens is 260 g/mol. The van der Waals surface area contributed by atoms with Crippen LogP contribution >= 0.6 is 0 Å². The largest absolute Gasteiger partial charge is 0.481 e. The van der Waals surface area contributed by atoms with Crippen LogP contribution in [0.1, 0.15) is 36.3 Å². The molecule has 0 saturated carbocycles. The van der Waals surface area contributed by atoms with Crippen LogP contribution < -0.4 is 0 Å². The number of carboxylic acids is 1. The number of hydrogen-bond donors (Lipinski definition) is 1. The smallest absolute Gasteiger partial charge is 0.303 e. The van der Waals surface area contributed by atoms with Gasteiger partial charge in [-0.3, -0.25) is 4.79 Å². The summed E-state index contributed by atoms with van der Waals surface area (Å²) in [5, 5.41) is 16.5. The van der Waals surface area contributed by atoms with Crippen LogP contribution in [0.4, 0.5) is 0 Å². The number of methoxy groups -OCH3 is 1. The van der Waals surface area contributed by atoms with Crippen LogP contribution in [0.5, 0.6) is 0 Å². The molecule has 0 bridgehead atoms. The number of benzene rings is 1. The third-order valence-corrected chi connectivity index (χ3v) is 2.83. The van der Waals surface area contributed by atoms with Crippen molar-refractivity contribution >= 4 is 5.97 Å². The van der Waals surface area contributed by atoms with Gasteiger partial charge in [-0.1, -0.05) is 30.3 Å². The molecule has 1 N–H and O–H groups in total. The second kappa shape index (κ2) is 6.81. The summed E-state index contributed by atoms with van der Waals surface area (Å²) in [7, 11) is 1.58. The van der Waals surface area contributed by atoms with Crippen molar-refractivity contribution < 1.29 is 19.1 Å². The number of aryl methyl sites for hydroxylation is 1. The van der Waals surface area contributed by atoms with E-state index in [0.717, 1.165) is 5.56 Å². The van der Waals surface area contributed by atoms with Crippen LogP contribution in [0.15, 0.2) is 34.7 Å². The van der Waals surface area contributed by atoms with E-state index in [-0.39, 0.29) is 6.42 Å². The van der Waals surface area contributed by atoms with Crippen molar-refractivity contribution in [3.05, 3.63) is 47.7 Å². The van der Waals surface area contributed by atoms with E-state index >= 15 is 0 Å². The Balaban J connectivity index is 2.05. The van der Waals surface area contributed by atoms with Gasteiger partial charge in [0.05, 0.1) is 0 Å². The number of aromatic nitrogens is 2. The Kier molecular flexibility index (Phi) is 4.84. The Morgan fingerprint density at radius 2 is 2.10 bits per heavy atom. The molecule has 0 aliphatic carbocycles. The van der Waals surface area contributed by atoms with Crippen molar-refractivity contribution in [3.63, 3.8) is 0 Å². The summed E-state index contributed by atoms with van der Waals surface area (Å²) >= 11 is 0. The zero-order valence-electron chi connectivity index (χ0n) is 11.2. The molecule has 106 valence electrons. The van der Waals surface area contributed by atoms with E-state index in [1.165, 1.54) is 0 Å². The number of nitrogens with zero attached hydrogens (tertiary/aromatic N) is 2. The summed E-state index contributed by atoms with van der Waals surface area (Å²) in [6.45, 7) is 0. The summed E-state index contributed by atoms with van der Waals surface area (Å²) in [6.07, 6.45) is 0.603. The normalized spacial score (nSPS) is 12.2. The summed E-state index contributed by atoms with van der Waals surface area (Å²) in [6, 6.07) is 9.57. The molecule has 0 aliphatic rings. The minimum absolute atomic E-state index is 0.0874. The number of carbonyl (C=O) groups is 1. The molecule has 6 nitrogen and oxygen atoms in total. The summed E-state index contributed by atoms with van der Waals surface area (Å²) in [5.41, 5.74) is 0.927. The standard InChI is InChI=1S/C14H16N2O4/c1-19-13(10-6-3-2-4-7-10)14-16-15-11(20-14)8-5-9-12(17)18/h2-4,6-7,13H,5,8-9H2,1H3,(H,17,18). The first-order valence-corrected chi connectivity index (χ1v) is 6.32. The van der Waals surface area contributed by atoms with Crippen LogP contribution in [-0.2, 0) is 16.0 Å². The highest BCUT2D eigenvalue weighted by Gasteiger charge is 2.20. The van der Waals surface area contributed by atoms with Gasteiger partial charge in [0.15, 0.2) is 6.10 Å². The Hall–Kier alpha value is -2.21. The van der Waals surface area contributed by atoms with Crippen LogP contribution in [0.3, 0.4) is 0 Å². The molecule has 0 spiro atoms. The molecule has 2 rings (SSSR count). The van der Waals surface area contributed by atoms with Gasteiger partial charge in [0.2, 0.25) is 11.8 Å². The Bertz CT molecular complexity index is 553. The Labute approximate surface area is 116 Å². The number of hydrogen-bond acceptors (Lipinski definition) is 5. The zero-order chi connectivity index (χ0) is 14.4. The maximum Gasteiger partial charge on any atom is 0.303 e. The lowest BCUT2D eigenvalue weighted by Gasteiger charge is -2.10. The fraction of sp³-hybridized carbons (Fsp3) is 0.357. The molecule has 0 fully saturated rings. The molecule has 0 aliphatic heterocycles. The van der Waals surface area contributed by atoms with Gasteiger partial charge in [-0.15, -0.1) is 10.2 Å². The molecule has 1 unspecified atom stereocenters. The zero-order valence-corrected chi connectivity index (χ0v) is 11.2. The minimum Gasteiger partial charge on any atom is -0.481 e. The van der Waals surface area contributed by atoms with Crippen molar-refractivity contribution in [2.24, 2.45) is 0 Å². The second-order valence-corrected chi connectivity index (χ2v) is 4.31. The molecule has 0 saturated heterocycles. The van der Waals surface area contributed by atoms with Gasteiger partial charge in [-0.2, -0.15) is 0 Å². The van der Waals surface area contributed by atoms with Crippen molar-refractivity contribution in [3.8, 4) is 0 Å². The molecule has 0 amide bonds. The Morgan fingerprint density at radius 1 is 1.35 bits per heavy atom. The highest BCUT2D eigenvalue weighted by atomic mass is 16.5. The monoisotopic (exact) mass is 276 g/mol. The van der Waals surface area contributed by atoms with Gasteiger partial charge in [0.25, 0.3) is 0 Å². The average Bonchev–Trinajstić information content (AvgIpc) is 2.89. The molecule has 1 aromatic heterocycles. The average molecular weight is 276 g/mol. The van der Waals surface area contributed by atoms with Crippen molar-refractivity contribution in [1.82, 2.24) is 10.2 Å². The van der Waals surface area contributed by atoms with Gasteiger partial charge in [-0.25, -0.2) is 0 Å². The van der Waals surface area contributed by atoms with E-state index in [1.54, 1.807) is 7.11 Å². The predicted molar refractivity (Wildman–Crippen MR) is 70.2 cm³/mol. The number of carboxylic acid groups (broad SMARTS) is 1. The van der Waals surface area contributed by atoms with Gasteiger partial charge in [0, 0.05) is 20.0 Å². The van der Waals surface area contributed by atoms with E-state index in [1.807, 2.05) is 30.3 Å². The van der Waals surface area contributed by atoms with E-state index in [0.29, 0.717) is 24.6 Å². The van der Waals surface area contributed by atoms with Crippen molar-refractivity contribution in [1.29, 1.82) is 0 Å². The number of rotatable bonds is 7. The maximum atomic E-state index is 10.4. The minimum atomic E-state index is -0.830. The molecular formula is C14H16N2O4. The third-order valence-electron chi connectivity index (χ3n) is 2.83. The number of ether oxygens (including phenoxy) is 1. The highest BCUT2D eigenvalue weighted by molar-refractivity contribution is 5.66. The second-order valence-electron chi connectivity index (χ2n) is 4.31. The summed E-state index contributed by atoms with van der Waals surface area (Å²) in [4.78, 5) is 10.4. The highest BCUT2D eigenvalue weighted by Crippen LogP contribution is 2.24. The molecule has 20 heavy (non-hydrogen) atoms. The van der Waals surface area contributed by atoms with Gasteiger partial charge in [-0.05, 0) is 12.0 Å². The fourth-order valence-electron chi connectivity index (χ4n) is 1.87. The van der Waals surface area contributed by atoms with E-state index < -0.39 is 12.1 Å². The topological polar surface area (TPSA) is 85.5 Å². The van der Waals surface area contributed by atoms with Gasteiger partial charge in [0.1, 0.15) is 0 Å². The third kappa shape index (κ3) is 3.64. The fourth-order valence-corrected chi connectivity index (χ4v) is 1.87. The SMILES string of the molecule is COC(c1ccccc1)c1nnc(CCCC(=O)O)o1. The van der Waals surface area contributed by atoms with Gasteiger partial charge < -0.3 is 14.3 Å². The van der Waals surface area contributed by atoms with E-state index in [2.05, 4.69) is 10.2 Å². The summed E-state index contributed by atoms with van der Waals surface area (Å²) in [5.74, 6) is -0.0213. The lowest BCUT2D eigenvalue weighted by molar-refractivity contribution is -0.137. The first kappa shape index (κ1) is 14.2. The van der Waals surface area contributed by atoms with Crippen LogP contribution in [0.2, 0.25) is 0 Å². The molecule has 1 atom stereocenters. The van der Waals surface area contributed by atoms with Crippen LogP contribution in [0, 0.1) is 0 Å². The van der Waals surface area contributed by atoms with Crippen molar-refractivity contribution in [2.45, 2.75) is 25.4 Å². The molecule has 1 heterocycles. The lowest BCUT2D eigenvalue weighted by atomic mass is 10.1. The molecule has 2 aromatic rings. The molecule has 0 radical (unpaired) electrons. The first-order valence-electron chi connectivity index (χ1n) is 6.32. The summed E-state index contributed by atoms with van der Waals surface area (Å²) < 4.78 is 10.9. The maximum absolute atomic E-state index is 10.4.